The van der Waals surface area contributed by atoms with Gasteiger partial charge in [0, 0.05) is 24.8 Å². The standard InChI is InChI=1S/C12H23Cl2NO4S/c1-12(2,15(13)14)4-5-20-7-9-11(17)8(16)6-10(18-3)19-9/h8-11,16-17H,4-7H2,1-3H3/t8?,9?,10-,11-/m0/s1. The second-order valence-electron chi connectivity index (χ2n) is 5.50. The van der Waals surface area contributed by atoms with Crippen LogP contribution in [0.5, 0.6) is 0 Å². The summed E-state index contributed by atoms with van der Waals surface area (Å²) in [4.78, 5) is 0. The summed E-state index contributed by atoms with van der Waals surface area (Å²) in [6.07, 6.45) is -1.49. The van der Waals surface area contributed by atoms with Gasteiger partial charge in [0.1, 0.15) is 6.10 Å². The quantitative estimate of drug-likeness (QED) is 0.542. The van der Waals surface area contributed by atoms with Gasteiger partial charge in [-0.2, -0.15) is 11.8 Å². The van der Waals surface area contributed by atoms with Crippen molar-refractivity contribution in [2.75, 3.05) is 18.6 Å². The average Bonchev–Trinajstić information content (AvgIpc) is 2.38. The molecule has 0 radical (unpaired) electrons. The number of halogens is 2. The second-order valence-corrected chi connectivity index (χ2v) is 7.50. The SMILES string of the molecule is CO[C@@H]1CC(O)[C@H](O)C(CSCCC(C)(C)N(Cl)Cl)O1. The average molecular weight is 348 g/mol. The summed E-state index contributed by atoms with van der Waals surface area (Å²) in [5, 5.41) is 19.7. The molecule has 1 heterocycles. The Labute approximate surface area is 134 Å². The van der Waals surface area contributed by atoms with Crippen LogP contribution in [0, 0.1) is 0 Å². The Hall–Kier alpha value is 0.730. The zero-order chi connectivity index (χ0) is 15.3. The van der Waals surface area contributed by atoms with Crippen molar-refractivity contribution in [1.82, 2.24) is 3.94 Å². The minimum atomic E-state index is -0.875. The van der Waals surface area contributed by atoms with Gasteiger partial charge in [-0.15, -0.1) is 3.94 Å². The molecule has 2 unspecified atom stereocenters. The number of ether oxygens (including phenoxy) is 2. The predicted molar refractivity (Wildman–Crippen MR) is 81.9 cm³/mol. The van der Waals surface area contributed by atoms with Gasteiger partial charge in [-0.1, -0.05) is 0 Å². The first kappa shape index (κ1) is 18.8. The molecule has 0 amide bonds. The molecule has 1 aliphatic rings. The maximum Gasteiger partial charge on any atom is 0.160 e. The number of hydrogen-bond acceptors (Lipinski definition) is 6. The van der Waals surface area contributed by atoms with Gasteiger partial charge in [0.15, 0.2) is 6.29 Å². The maximum atomic E-state index is 9.90. The highest BCUT2D eigenvalue weighted by Crippen LogP contribution is 2.27. The van der Waals surface area contributed by atoms with Crippen LogP contribution in [0.1, 0.15) is 26.7 Å². The molecule has 0 aromatic carbocycles. The molecule has 0 spiro atoms. The van der Waals surface area contributed by atoms with E-state index in [0.717, 1.165) is 16.1 Å². The minimum Gasteiger partial charge on any atom is -0.390 e. The third-order valence-corrected chi connectivity index (χ3v) is 5.37. The normalized spacial score (nSPS) is 31.8. The number of aliphatic hydroxyl groups is 2. The van der Waals surface area contributed by atoms with Crippen molar-refractivity contribution in [2.24, 2.45) is 0 Å². The molecule has 2 N–H and O–H groups in total. The first-order valence-electron chi connectivity index (χ1n) is 6.52. The maximum absolute atomic E-state index is 9.90. The summed E-state index contributed by atoms with van der Waals surface area (Å²) < 4.78 is 11.8. The fourth-order valence-corrected chi connectivity index (χ4v) is 3.30. The number of aliphatic hydroxyl groups excluding tert-OH is 2. The molecule has 0 aromatic rings. The lowest BCUT2D eigenvalue weighted by atomic mass is 10.0. The van der Waals surface area contributed by atoms with Gasteiger partial charge in [-0.05, 0) is 49.6 Å². The first-order chi connectivity index (χ1) is 9.27. The number of thioether (sulfide) groups is 1. The van der Waals surface area contributed by atoms with E-state index in [2.05, 4.69) is 0 Å². The van der Waals surface area contributed by atoms with Gasteiger partial charge >= 0.3 is 0 Å². The van der Waals surface area contributed by atoms with Crippen molar-refractivity contribution in [2.45, 2.75) is 56.8 Å². The van der Waals surface area contributed by atoms with Gasteiger partial charge in [-0.25, -0.2) is 0 Å². The predicted octanol–water partition coefficient (Wildman–Crippen LogP) is 1.98. The Morgan fingerprint density at radius 1 is 1.40 bits per heavy atom. The highest BCUT2D eigenvalue weighted by Gasteiger charge is 2.36. The molecule has 0 aromatic heterocycles. The Kier molecular flexibility index (Phi) is 7.87. The Morgan fingerprint density at radius 2 is 2.05 bits per heavy atom. The molecule has 4 atom stereocenters. The van der Waals surface area contributed by atoms with Crippen LogP contribution in [-0.2, 0) is 9.47 Å². The van der Waals surface area contributed by atoms with Gasteiger partial charge in [-0.3, -0.25) is 0 Å². The molecule has 1 aliphatic heterocycles. The molecule has 0 bridgehead atoms. The van der Waals surface area contributed by atoms with Gasteiger partial charge in [0.2, 0.25) is 0 Å². The van der Waals surface area contributed by atoms with E-state index < -0.39 is 24.6 Å². The molecule has 1 fully saturated rings. The lowest BCUT2D eigenvalue weighted by molar-refractivity contribution is -0.235. The lowest BCUT2D eigenvalue weighted by Crippen LogP contribution is -2.49. The van der Waals surface area contributed by atoms with Crippen molar-refractivity contribution < 1.29 is 19.7 Å². The summed E-state index contributed by atoms with van der Waals surface area (Å²) in [7, 11) is 1.53. The number of hydrogen-bond donors (Lipinski definition) is 2. The fourth-order valence-electron chi connectivity index (χ4n) is 1.81. The molecule has 120 valence electrons. The molecular weight excluding hydrogens is 325 g/mol. The summed E-state index contributed by atoms with van der Waals surface area (Å²) >= 11 is 13.1. The van der Waals surface area contributed by atoms with Gasteiger partial charge in [0.05, 0.1) is 12.2 Å². The van der Waals surface area contributed by atoms with Crippen molar-refractivity contribution in [3.05, 3.63) is 0 Å². The van der Waals surface area contributed by atoms with Crippen molar-refractivity contribution >= 4 is 35.3 Å². The van der Waals surface area contributed by atoms with E-state index in [9.17, 15) is 10.2 Å². The van der Waals surface area contributed by atoms with Crippen LogP contribution in [-0.4, -0.2) is 62.9 Å². The molecule has 20 heavy (non-hydrogen) atoms. The van der Waals surface area contributed by atoms with Crippen LogP contribution >= 0.6 is 35.3 Å². The van der Waals surface area contributed by atoms with Crippen LogP contribution in [0.15, 0.2) is 0 Å². The molecule has 1 rings (SSSR count). The Morgan fingerprint density at radius 3 is 2.60 bits per heavy atom. The lowest BCUT2D eigenvalue weighted by Gasteiger charge is -2.36. The zero-order valence-corrected chi connectivity index (χ0v) is 14.3. The third kappa shape index (κ3) is 5.50. The molecule has 8 heteroatoms. The summed E-state index contributed by atoms with van der Waals surface area (Å²) in [5.41, 5.74) is -0.309. The molecule has 0 saturated carbocycles. The van der Waals surface area contributed by atoms with Crippen molar-refractivity contribution in [3.8, 4) is 0 Å². The largest absolute Gasteiger partial charge is 0.390 e. The molecular formula is C12H23Cl2NO4S. The topological polar surface area (TPSA) is 62.2 Å². The molecule has 0 aliphatic carbocycles. The van der Waals surface area contributed by atoms with Crippen molar-refractivity contribution in [1.29, 1.82) is 0 Å². The Balaban J connectivity index is 2.33. The number of methoxy groups -OCH3 is 1. The Bertz CT molecular complexity index is 297. The number of rotatable bonds is 7. The summed E-state index contributed by atoms with van der Waals surface area (Å²) in [6, 6.07) is 0. The molecule has 5 nitrogen and oxygen atoms in total. The van der Waals surface area contributed by atoms with E-state index in [0.29, 0.717) is 12.2 Å². The first-order valence-corrected chi connectivity index (χ1v) is 8.35. The zero-order valence-electron chi connectivity index (χ0n) is 12.0. The highest BCUT2D eigenvalue weighted by molar-refractivity contribution is 7.99. The van der Waals surface area contributed by atoms with Crippen LogP contribution in [0.2, 0.25) is 0 Å². The van der Waals surface area contributed by atoms with E-state index in [1.165, 1.54) is 7.11 Å². The second kappa shape index (κ2) is 8.39. The molecule has 1 saturated heterocycles. The third-order valence-electron chi connectivity index (χ3n) is 3.40. The summed E-state index contributed by atoms with van der Waals surface area (Å²) in [6.45, 7) is 3.90. The fraction of sp³-hybridized carbons (Fsp3) is 1.00. The van der Waals surface area contributed by atoms with Crippen molar-refractivity contribution in [3.63, 3.8) is 0 Å². The van der Waals surface area contributed by atoms with E-state index in [1.807, 2.05) is 13.8 Å². The van der Waals surface area contributed by atoms with E-state index in [-0.39, 0.29) is 5.54 Å². The van der Waals surface area contributed by atoms with E-state index in [1.54, 1.807) is 11.8 Å². The number of nitrogens with zero attached hydrogens (tertiary/aromatic N) is 1. The minimum absolute atomic E-state index is 0.291. The van der Waals surface area contributed by atoms with E-state index >= 15 is 0 Å². The van der Waals surface area contributed by atoms with Gasteiger partial charge < -0.3 is 19.7 Å². The summed E-state index contributed by atoms with van der Waals surface area (Å²) in [5.74, 6) is 1.40. The monoisotopic (exact) mass is 347 g/mol. The van der Waals surface area contributed by atoms with Crippen LogP contribution in [0.25, 0.3) is 0 Å². The van der Waals surface area contributed by atoms with Crippen LogP contribution in [0.3, 0.4) is 0 Å². The van der Waals surface area contributed by atoms with Crippen LogP contribution in [0.4, 0.5) is 0 Å². The van der Waals surface area contributed by atoms with Crippen LogP contribution < -0.4 is 0 Å². The van der Waals surface area contributed by atoms with E-state index in [4.69, 9.17) is 33.0 Å². The highest BCUT2D eigenvalue weighted by atomic mass is 35.5. The van der Waals surface area contributed by atoms with Gasteiger partial charge in [0.25, 0.3) is 0 Å². The smallest absolute Gasteiger partial charge is 0.160 e.